The van der Waals surface area contributed by atoms with E-state index in [1.807, 2.05) is 55.7 Å². The zero-order chi connectivity index (χ0) is 14.5. The van der Waals surface area contributed by atoms with E-state index in [2.05, 4.69) is 36.4 Å². The van der Waals surface area contributed by atoms with Crippen LogP contribution in [0.25, 0.3) is 11.1 Å². The maximum atomic E-state index is 5.91. The number of aromatic nitrogens is 1. The normalized spacial score (nSPS) is 11.9. The summed E-state index contributed by atoms with van der Waals surface area (Å²) in [5.74, 6) is 0. The van der Waals surface area contributed by atoms with Crippen LogP contribution in [0.15, 0.2) is 85.2 Å². The standard InChI is InChI=1S/C19H18NO/c1-16(17-8-4-2-5-9-17)21-20-14-12-19(13-15-20)18-10-6-3-7-11-18/h2-16H,1H3/q+1. The van der Waals surface area contributed by atoms with Gasteiger partial charge in [-0.05, 0) is 23.6 Å². The van der Waals surface area contributed by atoms with Gasteiger partial charge in [-0.2, -0.15) is 0 Å². The summed E-state index contributed by atoms with van der Waals surface area (Å²) in [6.45, 7) is 2.05. The van der Waals surface area contributed by atoms with Gasteiger partial charge in [-0.3, -0.25) is 4.84 Å². The number of pyridine rings is 1. The van der Waals surface area contributed by atoms with Crippen molar-refractivity contribution in [1.82, 2.24) is 0 Å². The Morgan fingerprint density at radius 2 is 1.24 bits per heavy atom. The van der Waals surface area contributed by atoms with Gasteiger partial charge in [0.1, 0.15) is 0 Å². The number of rotatable bonds is 4. The molecule has 0 saturated heterocycles. The Balaban J connectivity index is 1.73. The Kier molecular flexibility index (Phi) is 3.97. The minimum atomic E-state index is 0.0128. The molecule has 1 heterocycles. The van der Waals surface area contributed by atoms with Crippen LogP contribution < -0.4 is 9.57 Å². The van der Waals surface area contributed by atoms with E-state index in [0.29, 0.717) is 0 Å². The molecule has 104 valence electrons. The molecule has 0 saturated carbocycles. The lowest BCUT2D eigenvalue weighted by Gasteiger charge is -2.08. The zero-order valence-corrected chi connectivity index (χ0v) is 12.0. The van der Waals surface area contributed by atoms with Crippen molar-refractivity contribution < 1.29 is 9.57 Å². The van der Waals surface area contributed by atoms with E-state index < -0.39 is 0 Å². The first-order valence-electron chi connectivity index (χ1n) is 7.12. The Hall–Kier alpha value is -2.61. The lowest BCUT2D eigenvalue weighted by molar-refractivity contribution is -0.900. The number of nitrogens with zero attached hydrogens (tertiary/aromatic N) is 1. The Labute approximate surface area is 125 Å². The van der Waals surface area contributed by atoms with Crippen molar-refractivity contribution in [1.29, 1.82) is 0 Å². The van der Waals surface area contributed by atoms with Crippen LogP contribution in [-0.4, -0.2) is 0 Å². The second-order valence-electron chi connectivity index (χ2n) is 4.97. The highest BCUT2D eigenvalue weighted by Gasteiger charge is 2.12. The molecule has 1 aromatic heterocycles. The van der Waals surface area contributed by atoms with Crippen LogP contribution in [-0.2, 0) is 0 Å². The van der Waals surface area contributed by atoms with Crippen molar-refractivity contribution in [2.24, 2.45) is 0 Å². The minimum absolute atomic E-state index is 0.0128. The van der Waals surface area contributed by atoms with Crippen molar-refractivity contribution in [2.75, 3.05) is 0 Å². The average Bonchev–Trinajstić information content (AvgIpc) is 2.57. The van der Waals surface area contributed by atoms with E-state index in [9.17, 15) is 0 Å². The average molecular weight is 276 g/mol. The zero-order valence-electron chi connectivity index (χ0n) is 12.0. The molecule has 0 bridgehead atoms. The molecule has 3 rings (SSSR count). The van der Waals surface area contributed by atoms with Crippen molar-refractivity contribution in [3.63, 3.8) is 0 Å². The molecule has 0 amide bonds. The fourth-order valence-electron chi connectivity index (χ4n) is 2.27. The van der Waals surface area contributed by atoms with E-state index in [1.54, 1.807) is 4.73 Å². The van der Waals surface area contributed by atoms with Gasteiger partial charge in [0.2, 0.25) is 12.4 Å². The molecular formula is C19H18NO+. The first-order chi connectivity index (χ1) is 10.3. The monoisotopic (exact) mass is 276 g/mol. The summed E-state index contributed by atoms with van der Waals surface area (Å²) in [4.78, 5) is 5.91. The Morgan fingerprint density at radius 3 is 1.86 bits per heavy atom. The summed E-state index contributed by atoms with van der Waals surface area (Å²) in [5.41, 5.74) is 3.56. The molecule has 0 aliphatic heterocycles. The molecule has 0 radical (unpaired) electrons. The molecule has 21 heavy (non-hydrogen) atoms. The quantitative estimate of drug-likeness (QED) is 0.660. The summed E-state index contributed by atoms with van der Waals surface area (Å²) in [5, 5.41) is 0. The van der Waals surface area contributed by atoms with E-state index in [0.717, 1.165) is 5.56 Å². The molecule has 1 atom stereocenters. The Bertz CT molecular complexity index is 678. The first-order valence-corrected chi connectivity index (χ1v) is 7.12. The molecule has 0 fully saturated rings. The van der Waals surface area contributed by atoms with Crippen LogP contribution in [0, 0.1) is 0 Å². The van der Waals surface area contributed by atoms with Gasteiger partial charge in [-0.25, -0.2) is 0 Å². The number of benzene rings is 2. The first kappa shape index (κ1) is 13.4. The van der Waals surface area contributed by atoms with Gasteiger partial charge in [0.05, 0.1) is 0 Å². The topological polar surface area (TPSA) is 13.1 Å². The van der Waals surface area contributed by atoms with Gasteiger partial charge in [-0.1, -0.05) is 60.7 Å². The summed E-state index contributed by atoms with van der Waals surface area (Å²) in [6.07, 6.45) is 3.91. The maximum Gasteiger partial charge on any atom is 0.223 e. The molecule has 2 nitrogen and oxygen atoms in total. The van der Waals surface area contributed by atoms with E-state index >= 15 is 0 Å². The third kappa shape index (κ3) is 3.29. The van der Waals surface area contributed by atoms with Gasteiger partial charge >= 0.3 is 0 Å². The van der Waals surface area contributed by atoms with Gasteiger partial charge in [0.25, 0.3) is 0 Å². The van der Waals surface area contributed by atoms with E-state index in [-0.39, 0.29) is 6.10 Å². The molecule has 1 unspecified atom stereocenters. The van der Waals surface area contributed by atoms with Crippen LogP contribution >= 0.6 is 0 Å². The Morgan fingerprint density at radius 1 is 0.714 bits per heavy atom. The SMILES string of the molecule is CC(O[n+]1ccc(-c2ccccc2)cc1)c1ccccc1. The molecule has 0 N–H and O–H groups in total. The second-order valence-corrected chi connectivity index (χ2v) is 4.97. The van der Waals surface area contributed by atoms with Gasteiger partial charge < -0.3 is 0 Å². The molecular weight excluding hydrogens is 258 g/mol. The van der Waals surface area contributed by atoms with E-state index in [4.69, 9.17) is 4.84 Å². The molecule has 0 aliphatic carbocycles. The molecule has 2 heteroatoms. The lowest BCUT2D eigenvalue weighted by Crippen LogP contribution is -2.43. The highest BCUT2D eigenvalue weighted by atomic mass is 16.7. The summed E-state index contributed by atoms with van der Waals surface area (Å²) >= 11 is 0. The summed E-state index contributed by atoms with van der Waals surface area (Å²) in [6, 6.07) is 24.7. The van der Waals surface area contributed by atoms with Crippen molar-refractivity contribution in [2.45, 2.75) is 13.0 Å². The van der Waals surface area contributed by atoms with Crippen molar-refractivity contribution >= 4 is 0 Å². The fraction of sp³-hybridized carbons (Fsp3) is 0.105. The van der Waals surface area contributed by atoms with Gasteiger partial charge in [0.15, 0.2) is 6.10 Å². The maximum absolute atomic E-state index is 5.91. The highest BCUT2D eigenvalue weighted by Crippen LogP contribution is 2.17. The largest absolute Gasteiger partial charge is 0.264 e. The minimum Gasteiger partial charge on any atom is -0.264 e. The van der Waals surface area contributed by atoms with Crippen LogP contribution in [0.1, 0.15) is 18.6 Å². The van der Waals surface area contributed by atoms with Crippen molar-refractivity contribution in [3.8, 4) is 11.1 Å². The fourth-order valence-corrected chi connectivity index (χ4v) is 2.27. The van der Waals surface area contributed by atoms with Crippen molar-refractivity contribution in [3.05, 3.63) is 90.8 Å². The smallest absolute Gasteiger partial charge is 0.223 e. The third-order valence-electron chi connectivity index (χ3n) is 3.46. The highest BCUT2D eigenvalue weighted by molar-refractivity contribution is 5.61. The molecule has 3 aromatic rings. The predicted octanol–water partition coefficient (Wildman–Crippen LogP) is 3.83. The summed E-state index contributed by atoms with van der Waals surface area (Å²) in [7, 11) is 0. The lowest BCUT2D eigenvalue weighted by atomic mass is 10.1. The summed E-state index contributed by atoms with van der Waals surface area (Å²) < 4.78 is 1.75. The number of hydrogen-bond donors (Lipinski definition) is 0. The molecule has 0 aliphatic rings. The van der Waals surface area contributed by atoms with E-state index in [1.165, 1.54) is 11.1 Å². The van der Waals surface area contributed by atoms with Gasteiger partial charge in [-0.15, -0.1) is 0 Å². The molecule has 0 spiro atoms. The van der Waals surface area contributed by atoms with Gasteiger partial charge in [0, 0.05) is 16.9 Å². The van der Waals surface area contributed by atoms with Crippen LogP contribution in [0.5, 0.6) is 0 Å². The molecule has 2 aromatic carbocycles. The number of hydrogen-bond acceptors (Lipinski definition) is 1. The predicted molar refractivity (Wildman–Crippen MR) is 83.5 cm³/mol. The van der Waals surface area contributed by atoms with Crippen LogP contribution in [0.2, 0.25) is 0 Å². The third-order valence-corrected chi connectivity index (χ3v) is 3.46. The van der Waals surface area contributed by atoms with Crippen LogP contribution in [0.3, 0.4) is 0 Å². The second kappa shape index (κ2) is 6.23. The van der Waals surface area contributed by atoms with Crippen LogP contribution in [0.4, 0.5) is 0 Å².